The number of rotatable bonds is 3. The third-order valence-corrected chi connectivity index (χ3v) is 4.56. The van der Waals surface area contributed by atoms with E-state index >= 15 is 0 Å². The first-order valence-electron chi connectivity index (χ1n) is 7.61. The molecule has 5 heteroatoms. The first-order chi connectivity index (χ1) is 10.0. The molecule has 1 saturated carbocycles. The van der Waals surface area contributed by atoms with Gasteiger partial charge in [-0.15, -0.1) is 13.2 Å². The van der Waals surface area contributed by atoms with Crippen LogP contribution in [0.1, 0.15) is 44.1 Å². The Morgan fingerprint density at radius 2 is 1.86 bits per heavy atom. The highest BCUT2D eigenvalue weighted by Gasteiger charge is 2.48. The van der Waals surface area contributed by atoms with Gasteiger partial charge in [0.1, 0.15) is 5.75 Å². The largest absolute Gasteiger partial charge is 0.573 e. The van der Waals surface area contributed by atoms with Crippen LogP contribution in [0.3, 0.4) is 0 Å². The average molecular weight is 299 g/mol. The number of alkyl halides is 3. The maximum atomic E-state index is 12.7. The van der Waals surface area contributed by atoms with Crippen molar-refractivity contribution in [3.05, 3.63) is 29.8 Å². The fraction of sp³-hybridized carbons (Fsp3) is 0.625. The van der Waals surface area contributed by atoms with Crippen molar-refractivity contribution in [1.29, 1.82) is 0 Å². The molecule has 1 unspecified atom stereocenters. The minimum absolute atomic E-state index is 0.0497. The molecule has 116 valence electrons. The zero-order valence-electron chi connectivity index (χ0n) is 11.9. The Labute approximate surface area is 122 Å². The molecule has 21 heavy (non-hydrogen) atoms. The summed E-state index contributed by atoms with van der Waals surface area (Å²) in [7, 11) is 0. The minimum atomic E-state index is -4.65. The minimum Gasteiger partial charge on any atom is -0.405 e. The molecule has 0 bridgehead atoms. The van der Waals surface area contributed by atoms with Gasteiger partial charge >= 0.3 is 6.36 Å². The number of nitrogens with one attached hydrogen (secondary N) is 1. The Kier molecular flexibility index (Phi) is 3.86. The molecule has 2 fully saturated rings. The van der Waals surface area contributed by atoms with Gasteiger partial charge in [-0.05, 0) is 44.2 Å². The SMILES string of the molecule is FC(F)(F)Oc1ccccc1C1(C2CC2)CCCCCN1. The van der Waals surface area contributed by atoms with Crippen LogP contribution in [0.4, 0.5) is 13.2 Å². The van der Waals surface area contributed by atoms with Crippen LogP contribution in [0.5, 0.6) is 5.75 Å². The van der Waals surface area contributed by atoms with E-state index in [2.05, 4.69) is 10.1 Å². The number of halogens is 3. The van der Waals surface area contributed by atoms with E-state index < -0.39 is 6.36 Å². The highest BCUT2D eigenvalue weighted by molar-refractivity contribution is 5.41. The highest BCUT2D eigenvalue weighted by atomic mass is 19.4. The van der Waals surface area contributed by atoms with Gasteiger partial charge in [-0.25, -0.2) is 0 Å². The van der Waals surface area contributed by atoms with Gasteiger partial charge in [0, 0.05) is 11.1 Å². The predicted molar refractivity (Wildman–Crippen MR) is 74.0 cm³/mol. The molecule has 1 aliphatic carbocycles. The molecule has 1 atom stereocenters. The molecule has 0 aromatic heterocycles. The van der Waals surface area contributed by atoms with E-state index in [-0.39, 0.29) is 11.3 Å². The summed E-state index contributed by atoms with van der Waals surface area (Å²) in [5, 5.41) is 3.55. The Morgan fingerprint density at radius 1 is 1.10 bits per heavy atom. The third-order valence-electron chi connectivity index (χ3n) is 4.56. The standard InChI is InChI=1S/C16H20F3NO/c17-16(18,19)21-14-7-3-2-6-13(14)15(12-8-9-12)10-4-1-5-11-20-15/h2-3,6-7,12,20H,1,4-5,8-11H2. The molecular formula is C16H20F3NO. The lowest BCUT2D eigenvalue weighted by Crippen LogP contribution is -2.44. The molecule has 3 rings (SSSR count). The van der Waals surface area contributed by atoms with Gasteiger partial charge in [-0.1, -0.05) is 31.0 Å². The van der Waals surface area contributed by atoms with E-state index in [0.717, 1.165) is 45.1 Å². The Bertz CT molecular complexity index is 489. The molecule has 2 aliphatic rings. The number of ether oxygens (including phenoxy) is 1. The molecule has 0 spiro atoms. The topological polar surface area (TPSA) is 21.3 Å². The van der Waals surface area contributed by atoms with Gasteiger partial charge in [0.2, 0.25) is 0 Å². The lowest BCUT2D eigenvalue weighted by atomic mass is 9.80. The van der Waals surface area contributed by atoms with Gasteiger partial charge < -0.3 is 10.1 Å². The van der Waals surface area contributed by atoms with Crippen LogP contribution in [0.2, 0.25) is 0 Å². The fourth-order valence-electron chi connectivity index (χ4n) is 3.53. The number of hydrogen-bond donors (Lipinski definition) is 1. The summed E-state index contributed by atoms with van der Waals surface area (Å²) in [5.41, 5.74) is 0.324. The van der Waals surface area contributed by atoms with Gasteiger partial charge in [0.15, 0.2) is 0 Å². The summed E-state index contributed by atoms with van der Waals surface area (Å²) in [5.74, 6) is 0.375. The molecule has 1 aliphatic heterocycles. The summed E-state index contributed by atoms with van der Waals surface area (Å²) < 4.78 is 42.3. The molecule has 0 amide bonds. The second-order valence-electron chi connectivity index (χ2n) is 6.03. The third kappa shape index (κ3) is 3.18. The van der Waals surface area contributed by atoms with Crippen LogP contribution in [0.25, 0.3) is 0 Å². The molecule has 1 aromatic carbocycles. The van der Waals surface area contributed by atoms with Crippen LogP contribution < -0.4 is 10.1 Å². The number of hydrogen-bond acceptors (Lipinski definition) is 2. The average Bonchev–Trinajstić information content (AvgIpc) is 3.25. The Balaban J connectivity index is 1.99. The van der Waals surface area contributed by atoms with Crippen LogP contribution in [-0.4, -0.2) is 12.9 Å². The number of para-hydroxylation sites is 1. The van der Waals surface area contributed by atoms with Gasteiger partial charge in [-0.2, -0.15) is 0 Å². The fourth-order valence-corrected chi connectivity index (χ4v) is 3.53. The second kappa shape index (κ2) is 5.52. The quantitative estimate of drug-likeness (QED) is 0.895. The van der Waals surface area contributed by atoms with E-state index in [1.807, 2.05) is 0 Å². The summed E-state index contributed by atoms with van der Waals surface area (Å²) in [6, 6.07) is 6.62. The van der Waals surface area contributed by atoms with E-state index in [9.17, 15) is 13.2 Å². The maximum absolute atomic E-state index is 12.7. The molecule has 1 heterocycles. The van der Waals surface area contributed by atoms with Crippen LogP contribution in [0, 0.1) is 5.92 Å². The van der Waals surface area contributed by atoms with Gasteiger partial charge in [0.25, 0.3) is 0 Å². The van der Waals surface area contributed by atoms with Crippen molar-refractivity contribution in [2.24, 2.45) is 5.92 Å². The summed E-state index contributed by atoms with van der Waals surface area (Å²) in [6.07, 6.45) is 1.65. The zero-order valence-corrected chi connectivity index (χ0v) is 11.9. The zero-order chi connectivity index (χ0) is 14.9. The first kappa shape index (κ1) is 14.7. The summed E-state index contributed by atoms with van der Waals surface area (Å²) >= 11 is 0. The second-order valence-corrected chi connectivity index (χ2v) is 6.03. The summed E-state index contributed by atoms with van der Waals surface area (Å²) in [4.78, 5) is 0. The summed E-state index contributed by atoms with van der Waals surface area (Å²) in [6.45, 7) is 0.858. The Morgan fingerprint density at radius 3 is 2.57 bits per heavy atom. The van der Waals surface area contributed by atoms with Gasteiger partial charge in [-0.3, -0.25) is 0 Å². The lowest BCUT2D eigenvalue weighted by Gasteiger charge is -2.36. The van der Waals surface area contributed by atoms with E-state index in [0.29, 0.717) is 11.5 Å². The van der Waals surface area contributed by atoms with Crippen molar-refractivity contribution in [2.75, 3.05) is 6.54 Å². The normalized spacial score (nSPS) is 27.2. The van der Waals surface area contributed by atoms with Crippen molar-refractivity contribution < 1.29 is 17.9 Å². The molecule has 2 nitrogen and oxygen atoms in total. The Hall–Kier alpha value is -1.23. The van der Waals surface area contributed by atoms with E-state index in [1.165, 1.54) is 6.07 Å². The van der Waals surface area contributed by atoms with Crippen molar-refractivity contribution in [3.8, 4) is 5.75 Å². The lowest BCUT2D eigenvalue weighted by molar-refractivity contribution is -0.275. The van der Waals surface area contributed by atoms with Crippen molar-refractivity contribution in [1.82, 2.24) is 5.32 Å². The monoisotopic (exact) mass is 299 g/mol. The van der Waals surface area contributed by atoms with Crippen molar-refractivity contribution >= 4 is 0 Å². The number of benzene rings is 1. The smallest absolute Gasteiger partial charge is 0.405 e. The maximum Gasteiger partial charge on any atom is 0.573 e. The van der Waals surface area contributed by atoms with E-state index in [4.69, 9.17) is 0 Å². The van der Waals surface area contributed by atoms with E-state index in [1.54, 1.807) is 18.2 Å². The highest BCUT2D eigenvalue weighted by Crippen LogP contribution is 2.51. The molecule has 1 N–H and O–H groups in total. The molecule has 1 saturated heterocycles. The molecule has 0 radical (unpaired) electrons. The van der Waals surface area contributed by atoms with Crippen LogP contribution in [-0.2, 0) is 5.54 Å². The molecule has 1 aromatic rings. The van der Waals surface area contributed by atoms with Crippen LogP contribution in [0.15, 0.2) is 24.3 Å². The molecular weight excluding hydrogens is 279 g/mol. The predicted octanol–water partition coefficient (Wildman–Crippen LogP) is 4.35. The van der Waals surface area contributed by atoms with Gasteiger partial charge in [0.05, 0.1) is 0 Å². The van der Waals surface area contributed by atoms with Crippen LogP contribution >= 0.6 is 0 Å². The van der Waals surface area contributed by atoms with Crippen molar-refractivity contribution in [2.45, 2.75) is 50.4 Å². The van der Waals surface area contributed by atoms with Crippen molar-refractivity contribution in [3.63, 3.8) is 0 Å². The first-order valence-corrected chi connectivity index (χ1v) is 7.61.